The lowest BCUT2D eigenvalue weighted by Crippen LogP contribution is -2.54. The SMILES string of the molecule is CN(C)CCOCCC1CC(O)(Cn2cnc3c(cnn3-c3ccc(F)cc3)c2=O)CCN1C(=O)O. The lowest BCUT2D eigenvalue weighted by Gasteiger charge is -2.43. The second-order valence-corrected chi connectivity index (χ2v) is 9.46. The molecule has 1 aliphatic rings. The van der Waals surface area contributed by atoms with Gasteiger partial charge in [-0.05, 0) is 57.6 Å². The molecule has 4 rings (SSSR count). The molecule has 1 aliphatic heterocycles. The summed E-state index contributed by atoms with van der Waals surface area (Å²) in [5, 5.41) is 25.5. The predicted molar refractivity (Wildman–Crippen MR) is 130 cm³/mol. The first-order chi connectivity index (χ1) is 17.2. The summed E-state index contributed by atoms with van der Waals surface area (Å²) in [4.78, 5) is 32.6. The number of halogens is 1. The van der Waals surface area contributed by atoms with Gasteiger partial charge in [0, 0.05) is 25.7 Å². The van der Waals surface area contributed by atoms with Crippen LogP contribution in [0.3, 0.4) is 0 Å². The molecule has 2 N–H and O–H groups in total. The van der Waals surface area contributed by atoms with E-state index in [0.29, 0.717) is 31.0 Å². The van der Waals surface area contributed by atoms with Gasteiger partial charge in [-0.25, -0.2) is 18.9 Å². The van der Waals surface area contributed by atoms with Crippen LogP contribution >= 0.6 is 0 Å². The lowest BCUT2D eigenvalue weighted by atomic mass is 9.85. The van der Waals surface area contributed by atoms with E-state index >= 15 is 0 Å². The van der Waals surface area contributed by atoms with Crippen molar-refractivity contribution in [2.24, 2.45) is 0 Å². The number of amides is 1. The minimum Gasteiger partial charge on any atom is -0.465 e. The second kappa shape index (κ2) is 10.7. The molecule has 2 atom stereocenters. The molecule has 36 heavy (non-hydrogen) atoms. The summed E-state index contributed by atoms with van der Waals surface area (Å²) < 4.78 is 21.7. The molecule has 2 unspecified atom stereocenters. The van der Waals surface area contributed by atoms with E-state index in [4.69, 9.17) is 4.74 Å². The Kier molecular flexibility index (Phi) is 7.67. The van der Waals surface area contributed by atoms with Crippen molar-refractivity contribution in [3.63, 3.8) is 0 Å². The van der Waals surface area contributed by atoms with Crippen LogP contribution in [0.15, 0.2) is 41.6 Å². The van der Waals surface area contributed by atoms with Crippen LogP contribution < -0.4 is 5.56 Å². The monoisotopic (exact) mass is 502 g/mol. The van der Waals surface area contributed by atoms with Crippen LogP contribution in [0.5, 0.6) is 0 Å². The van der Waals surface area contributed by atoms with Crippen molar-refractivity contribution >= 4 is 17.1 Å². The van der Waals surface area contributed by atoms with Crippen LogP contribution in [-0.4, -0.2) is 97.5 Å². The first kappa shape index (κ1) is 25.7. The zero-order valence-electron chi connectivity index (χ0n) is 20.4. The van der Waals surface area contributed by atoms with E-state index in [1.54, 1.807) is 0 Å². The number of aliphatic hydroxyl groups is 1. The molecule has 1 amide bonds. The number of likely N-dealkylation sites (N-methyl/N-ethyl adjacent to an activating group) is 1. The summed E-state index contributed by atoms with van der Waals surface area (Å²) in [5.41, 5.74) is -0.771. The highest BCUT2D eigenvalue weighted by atomic mass is 19.1. The Morgan fingerprint density at radius 1 is 1.28 bits per heavy atom. The Morgan fingerprint density at radius 2 is 2.03 bits per heavy atom. The minimum absolute atomic E-state index is 0.0258. The van der Waals surface area contributed by atoms with E-state index in [-0.39, 0.29) is 42.7 Å². The molecule has 12 heteroatoms. The lowest BCUT2D eigenvalue weighted by molar-refractivity contribution is -0.0576. The largest absolute Gasteiger partial charge is 0.465 e. The van der Waals surface area contributed by atoms with Crippen molar-refractivity contribution in [3.05, 3.63) is 53.0 Å². The Bertz CT molecular complexity index is 1260. The summed E-state index contributed by atoms with van der Waals surface area (Å²) in [6, 6.07) is 5.24. The molecule has 0 radical (unpaired) electrons. The first-order valence-electron chi connectivity index (χ1n) is 11.8. The molecule has 1 saturated heterocycles. The van der Waals surface area contributed by atoms with Crippen LogP contribution in [0, 0.1) is 5.82 Å². The fourth-order valence-electron chi connectivity index (χ4n) is 4.53. The van der Waals surface area contributed by atoms with Crippen LogP contribution in [0.4, 0.5) is 9.18 Å². The Hall–Kier alpha value is -3.35. The van der Waals surface area contributed by atoms with Gasteiger partial charge in [-0.2, -0.15) is 5.10 Å². The van der Waals surface area contributed by atoms with Gasteiger partial charge in [-0.15, -0.1) is 0 Å². The average Bonchev–Trinajstić information content (AvgIpc) is 3.26. The summed E-state index contributed by atoms with van der Waals surface area (Å²) >= 11 is 0. The summed E-state index contributed by atoms with van der Waals surface area (Å²) in [7, 11) is 3.89. The number of rotatable bonds is 9. The number of benzene rings is 1. The van der Waals surface area contributed by atoms with Gasteiger partial charge in [0.25, 0.3) is 5.56 Å². The van der Waals surface area contributed by atoms with E-state index in [0.717, 1.165) is 6.54 Å². The Morgan fingerprint density at radius 3 is 2.72 bits per heavy atom. The van der Waals surface area contributed by atoms with Gasteiger partial charge in [0.1, 0.15) is 17.5 Å². The number of likely N-dealkylation sites (tertiary alicyclic amines) is 1. The summed E-state index contributed by atoms with van der Waals surface area (Å²) in [6.45, 7) is 1.79. The molecular formula is C24H31FN6O5. The zero-order chi connectivity index (χ0) is 25.9. The molecule has 3 heterocycles. The van der Waals surface area contributed by atoms with Crippen molar-refractivity contribution in [3.8, 4) is 5.69 Å². The van der Waals surface area contributed by atoms with Crippen LogP contribution in [0.25, 0.3) is 16.7 Å². The van der Waals surface area contributed by atoms with Crippen LogP contribution in [-0.2, 0) is 11.3 Å². The average molecular weight is 503 g/mol. The third-order valence-electron chi connectivity index (χ3n) is 6.49. The van der Waals surface area contributed by atoms with Gasteiger partial charge in [0.2, 0.25) is 0 Å². The molecule has 194 valence electrons. The van der Waals surface area contributed by atoms with Crippen molar-refractivity contribution in [1.29, 1.82) is 0 Å². The number of carboxylic acid groups (broad SMARTS) is 1. The number of carbonyl (C=O) groups is 1. The maximum absolute atomic E-state index is 13.3. The number of ether oxygens (including phenoxy) is 1. The van der Waals surface area contributed by atoms with Gasteiger partial charge in [0.15, 0.2) is 5.65 Å². The maximum Gasteiger partial charge on any atom is 0.407 e. The van der Waals surface area contributed by atoms with Crippen LogP contribution in [0.2, 0.25) is 0 Å². The molecule has 3 aromatic rings. The Labute approximate surface area is 207 Å². The van der Waals surface area contributed by atoms with E-state index in [2.05, 4.69) is 10.1 Å². The normalized spacial score (nSPS) is 20.4. The Balaban J connectivity index is 1.49. The summed E-state index contributed by atoms with van der Waals surface area (Å²) in [6.07, 6.45) is 2.53. The van der Waals surface area contributed by atoms with E-state index < -0.39 is 17.7 Å². The highest BCUT2D eigenvalue weighted by molar-refractivity contribution is 5.74. The fraction of sp³-hybridized carbons (Fsp3) is 0.500. The molecule has 0 aliphatic carbocycles. The van der Waals surface area contributed by atoms with Crippen molar-refractivity contribution in [1.82, 2.24) is 29.1 Å². The van der Waals surface area contributed by atoms with Crippen molar-refractivity contribution in [2.75, 3.05) is 40.4 Å². The predicted octanol–water partition coefficient (Wildman–Crippen LogP) is 1.56. The highest BCUT2D eigenvalue weighted by Crippen LogP contribution is 2.30. The van der Waals surface area contributed by atoms with Gasteiger partial charge in [-0.1, -0.05) is 0 Å². The molecular weight excluding hydrogens is 471 g/mol. The van der Waals surface area contributed by atoms with Gasteiger partial charge in [-0.3, -0.25) is 9.36 Å². The summed E-state index contributed by atoms with van der Waals surface area (Å²) in [5.74, 6) is -0.383. The van der Waals surface area contributed by atoms with Gasteiger partial charge < -0.3 is 24.7 Å². The van der Waals surface area contributed by atoms with Crippen LogP contribution in [0.1, 0.15) is 19.3 Å². The first-order valence-corrected chi connectivity index (χ1v) is 11.8. The molecule has 2 aromatic heterocycles. The minimum atomic E-state index is -1.29. The number of fused-ring (bicyclic) bond motifs is 1. The van der Waals surface area contributed by atoms with E-state index in [1.165, 1.54) is 50.9 Å². The number of hydrogen-bond donors (Lipinski definition) is 2. The van der Waals surface area contributed by atoms with Crippen molar-refractivity contribution < 1.29 is 24.1 Å². The van der Waals surface area contributed by atoms with E-state index in [9.17, 15) is 24.2 Å². The molecule has 0 saturated carbocycles. The molecule has 11 nitrogen and oxygen atoms in total. The molecule has 0 spiro atoms. The van der Waals surface area contributed by atoms with Crippen molar-refractivity contribution in [2.45, 2.75) is 37.5 Å². The van der Waals surface area contributed by atoms with Gasteiger partial charge in [0.05, 0.1) is 30.6 Å². The highest BCUT2D eigenvalue weighted by Gasteiger charge is 2.40. The number of nitrogens with zero attached hydrogens (tertiary/aromatic N) is 6. The zero-order valence-corrected chi connectivity index (χ0v) is 20.4. The standard InChI is InChI=1S/C24H31FN6O5/c1-28(2)10-12-36-11-7-19-13-24(35,8-9-30(19)23(33)34)15-29-16-26-21-20(22(29)32)14-27-31(21)18-5-3-17(25)4-6-18/h3-6,14,16,19,35H,7-13,15H2,1-2H3,(H,33,34). The third kappa shape index (κ3) is 5.72. The molecule has 1 aromatic carbocycles. The number of aromatic nitrogens is 4. The van der Waals surface area contributed by atoms with E-state index in [1.807, 2.05) is 19.0 Å². The maximum atomic E-state index is 13.3. The van der Waals surface area contributed by atoms with Gasteiger partial charge >= 0.3 is 6.09 Å². The number of piperidine rings is 1. The smallest absolute Gasteiger partial charge is 0.407 e. The third-order valence-corrected chi connectivity index (χ3v) is 6.49. The molecule has 1 fully saturated rings. The fourth-order valence-corrected chi connectivity index (χ4v) is 4.53. The number of hydrogen-bond acceptors (Lipinski definition) is 7. The quantitative estimate of drug-likeness (QED) is 0.423. The second-order valence-electron chi connectivity index (χ2n) is 9.46. The topological polar surface area (TPSA) is 126 Å². The molecule has 0 bridgehead atoms.